The number of amides is 1. The Morgan fingerprint density at radius 2 is 1.96 bits per heavy atom. The molecule has 124 valence electrons. The lowest BCUT2D eigenvalue weighted by Crippen LogP contribution is -2.31. The Labute approximate surface area is 139 Å². The van der Waals surface area contributed by atoms with Crippen LogP contribution in [0.5, 0.6) is 0 Å². The molecule has 2 rings (SSSR count). The zero-order chi connectivity index (χ0) is 17.0. The van der Waals surface area contributed by atoms with Crippen molar-refractivity contribution < 1.29 is 9.18 Å². The summed E-state index contributed by atoms with van der Waals surface area (Å²) >= 11 is 1.31. The molecule has 0 aliphatic carbocycles. The first-order valence-electron chi connectivity index (χ1n) is 7.32. The second-order valence-electron chi connectivity index (χ2n) is 5.52. The number of tetrazole rings is 1. The highest BCUT2D eigenvalue weighted by atomic mass is 32.2. The van der Waals surface area contributed by atoms with Gasteiger partial charge in [0.2, 0.25) is 11.1 Å². The van der Waals surface area contributed by atoms with Crippen LogP contribution in [0.15, 0.2) is 29.4 Å². The zero-order valence-corrected chi connectivity index (χ0v) is 14.4. The van der Waals surface area contributed by atoms with Gasteiger partial charge in [-0.1, -0.05) is 23.9 Å². The van der Waals surface area contributed by atoms with Crippen LogP contribution < -0.4 is 0 Å². The molecule has 1 aromatic heterocycles. The van der Waals surface area contributed by atoms with E-state index in [9.17, 15) is 9.18 Å². The van der Waals surface area contributed by atoms with Crippen molar-refractivity contribution in [2.24, 2.45) is 0 Å². The molecular weight excluding hydrogens is 317 g/mol. The molecule has 1 amide bonds. The molecule has 1 atom stereocenters. The van der Waals surface area contributed by atoms with Gasteiger partial charge in [0.15, 0.2) is 0 Å². The summed E-state index contributed by atoms with van der Waals surface area (Å²) in [4.78, 5) is 14.0. The summed E-state index contributed by atoms with van der Waals surface area (Å²) in [6.45, 7) is 5.87. The van der Waals surface area contributed by atoms with Crippen molar-refractivity contribution in [2.75, 3.05) is 12.8 Å². The molecule has 0 aliphatic heterocycles. The Morgan fingerprint density at radius 3 is 2.57 bits per heavy atom. The van der Waals surface area contributed by atoms with E-state index in [4.69, 9.17) is 0 Å². The van der Waals surface area contributed by atoms with Crippen LogP contribution >= 0.6 is 11.8 Å². The summed E-state index contributed by atoms with van der Waals surface area (Å²) < 4.78 is 14.7. The highest BCUT2D eigenvalue weighted by Gasteiger charge is 2.19. The lowest BCUT2D eigenvalue weighted by molar-refractivity contribution is -0.128. The average molecular weight is 337 g/mol. The number of benzene rings is 1. The van der Waals surface area contributed by atoms with E-state index in [2.05, 4.69) is 15.5 Å². The number of thioether (sulfide) groups is 1. The third-order valence-corrected chi connectivity index (χ3v) is 4.52. The first-order chi connectivity index (χ1) is 10.9. The minimum absolute atomic E-state index is 0.0369. The van der Waals surface area contributed by atoms with Crippen molar-refractivity contribution in [3.8, 4) is 0 Å². The molecular formula is C15H20FN5OS. The van der Waals surface area contributed by atoms with Gasteiger partial charge in [0.1, 0.15) is 5.82 Å². The van der Waals surface area contributed by atoms with Crippen LogP contribution in [0.3, 0.4) is 0 Å². The minimum Gasteiger partial charge on any atom is -0.338 e. The SMILES string of the molecule is CC(c1ccc(F)cc1)N(C)C(=O)CSc1nnnn1C(C)C. The fourth-order valence-corrected chi connectivity index (χ4v) is 2.94. The van der Waals surface area contributed by atoms with E-state index in [1.165, 1.54) is 23.9 Å². The average Bonchev–Trinajstić information content (AvgIpc) is 3.00. The Hall–Kier alpha value is -1.96. The summed E-state index contributed by atoms with van der Waals surface area (Å²) in [6.07, 6.45) is 0. The number of nitrogens with zero attached hydrogens (tertiary/aromatic N) is 5. The standard InChI is InChI=1S/C15H20FN5OS/c1-10(2)21-15(17-18-19-21)23-9-14(22)20(4)11(3)12-5-7-13(16)8-6-12/h5-8,10-11H,9H2,1-4H3. The molecule has 0 radical (unpaired) electrons. The summed E-state index contributed by atoms with van der Waals surface area (Å²) in [7, 11) is 1.74. The van der Waals surface area contributed by atoms with Gasteiger partial charge < -0.3 is 4.90 Å². The lowest BCUT2D eigenvalue weighted by atomic mass is 10.1. The Kier molecular flexibility index (Phi) is 5.70. The molecule has 0 bridgehead atoms. The number of carbonyl (C=O) groups excluding carboxylic acids is 1. The molecule has 1 aromatic carbocycles. The van der Waals surface area contributed by atoms with E-state index >= 15 is 0 Å². The molecule has 8 heteroatoms. The molecule has 2 aromatic rings. The van der Waals surface area contributed by atoms with E-state index in [1.54, 1.807) is 28.8 Å². The van der Waals surface area contributed by atoms with Crippen molar-refractivity contribution in [3.63, 3.8) is 0 Å². The quantitative estimate of drug-likeness (QED) is 0.758. The van der Waals surface area contributed by atoms with Crippen LogP contribution in [0.1, 0.15) is 38.4 Å². The van der Waals surface area contributed by atoms with Gasteiger partial charge in [-0.25, -0.2) is 9.07 Å². The number of carbonyl (C=O) groups is 1. The fraction of sp³-hybridized carbons (Fsp3) is 0.467. The number of rotatable bonds is 6. The zero-order valence-electron chi connectivity index (χ0n) is 13.6. The van der Waals surface area contributed by atoms with Crippen LogP contribution in [0.25, 0.3) is 0 Å². The van der Waals surface area contributed by atoms with Crippen LogP contribution in [-0.2, 0) is 4.79 Å². The fourth-order valence-electron chi connectivity index (χ4n) is 2.01. The predicted molar refractivity (Wildman–Crippen MR) is 86.5 cm³/mol. The van der Waals surface area contributed by atoms with Gasteiger partial charge in [-0.3, -0.25) is 4.79 Å². The summed E-state index contributed by atoms with van der Waals surface area (Å²) in [5.41, 5.74) is 0.888. The summed E-state index contributed by atoms with van der Waals surface area (Å²) in [5, 5.41) is 12.1. The normalized spacial score (nSPS) is 12.4. The summed E-state index contributed by atoms with van der Waals surface area (Å²) in [5.74, 6) is -0.0779. The second-order valence-corrected chi connectivity index (χ2v) is 6.46. The van der Waals surface area contributed by atoms with E-state index in [0.717, 1.165) is 5.56 Å². The maximum Gasteiger partial charge on any atom is 0.233 e. The van der Waals surface area contributed by atoms with E-state index in [1.807, 2.05) is 20.8 Å². The van der Waals surface area contributed by atoms with Gasteiger partial charge in [0.05, 0.1) is 17.8 Å². The number of hydrogen-bond acceptors (Lipinski definition) is 5. The largest absolute Gasteiger partial charge is 0.338 e. The molecule has 6 nitrogen and oxygen atoms in total. The first kappa shape index (κ1) is 17.4. The molecule has 0 saturated carbocycles. The molecule has 0 saturated heterocycles. The maximum absolute atomic E-state index is 13.0. The molecule has 1 heterocycles. The van der Waals surface area contributed by atoms with Gasteiger partial charge in [-0.05, 0) is 48.9 Å². The maximum atomic E-state index is 13.0. The van der Waals surface area contributed by atoms with E-state index in [0.29, 0.717) is 5.16 Å². The van der Waals surface area contributed by atoms with E-state index in [-0.39, 0.29) is 29.6 Å². The highest BCUT2D eigenvalue weighted by molar-refractivity contribution is 7.99. The van der Waals surface area contributed by atoms with Crippen molar-refractivity contribution >= 4 is 17.7 Å². The second kappa shape index (κ2) is 7.54. The lowest BCUT2D eigenvalue weighted by Gasteiger charge is -2.25. The van der Waals surface area contributed by atoms with Gasteiger partial charge in [0, 0.05) is 7.05 Å². The van der Waals surface area contributed by atoms with Crippen LogP contribution in [0, 0.1) is 5.82 Å². The van der Waals surface area contributed by atoms with Gasteiger partial charge >= 0.3 is 0 Å². The van der Waals surface area contributed by atoms with Gasteiger partial charge in [-0.2, -0.15) is 0 Å². The topological polar surface area (TPSA) is 63.9 Å². The van der Waals surface area contributed by atoms with Crippen molar-refractivity contribution in [1.82, 2.24) is 25.1 Å². The smallest absolute Gasteiger partial charge is 0.233 e. The highest BCUT2D eigenvalue weighted by Crippen LogP contribution is 2.22. The Balaban J connectivity index is 1.97. The molecule has 1 unspecified atom stereocenters. The van der Waals surface area contributed by atoms with Gasteiger partial charge in [0.25, 0.3) is 0 Å². The molecule has 0 fully saturated rings. The minimum atomic E-state index is -0.286. The molecule has 0 N–H and O–H groups in total. The predicted octanol–water partition coefficient (Wildman–Crippen LogP) is 2.70. The van der Waals surface area contributed by atoms with Crippen LogP contribution in [0.4, 0.5) is 4.39 Å². The monoisotopic (exact) mass is 337 g/mol. The van der Waals surface area contributed by atoms with Crippen molar-refractivity contribution in [1.29, 1.82) is 0 Å². The van der Waals surface area contributed by atoms with Crippen molar-refractivity contribution in [2.45, 2.75) is 38.0 Å². The van der Waals surface area contributed by atoms with Crippen molar-refractivity contribution in [3.05, 3.63) is 35.6 Å². The number of hydrogen-bond donors (Lipinski definition) is 0. The van der Waals surface area contributed by atoms with Crippen LogP contribution in [-0.4, -0.2) is 43.8 Å². The summed E-state index contributed by atoms with van der Waals surface area (Å²) in [6, 6.07) is 6.18. The third-order valence-electron chi connectivity index (χ3n) is 3.60. The number of halogens is 1. The first-order valence-corrected chi connectivity index (χ1v) is 8.30. The molecule has 0 spiro atoms. The third kappa shape index (κ3) is 4.28. The Bertz CT molecular complexity index is 658. The molecule has 23 heavy (non-hydrogen) atoms. The van der Waals surface area contributed by atoms with Crippen LogP contribution in [0.2, 0.25) is 0 Å². The van der Waals surface area contributed by atoms with Gasteiger partial charge in [-0.15, -0.1) is 5.10 Å². The van der Waals surface area contributed by atoms with E-state index < -0.39 is 0 Å². The number of aromatic nitrogens is 4. The molecule has 0 aliphatic rings. The Morgan fingerprint density at radius 1 is 1.30 bits per heavy atom.